The second kappa shape index (κ2) is 4.30. The van der Waals surface area contributed by atoms with E-state index >= 15 is 0 Å². The second-order valence-corrected chi connectivity index (χ2v) is 4.28. The first-order valence-corrected chi connectivity index (χ1v) is 5.41. The van der Waals surface area contributed by atoms with Crippen LogP contribution in [-0.2, 0) is 13.2 Å². The number of halogens is 3. The van der Waals surface area contributed by atoms with Crippen molar-refractivity contribution in [3.05, 3.63) is 17.5 Å². The van der Waals surface area contributed by atoms with Crippen LogP contribution in [0.5, 0.6) is 0 Å². The lowest BCUT2D eigenvalue weighted by atomic mass is 10.1. The van der Waals surface area contributed by atoms with Crippen LogP contribution in [0.2, 0.25) is 0 Å². The highest BCUT2D eigenvalue weighted by molar-refractivity contribution is 5.17. The highest BCUT2D eigenvalue weighted by atomic mass is 19.4. The van der Waals surface area contributed by atoms with Gasteiger partial charge in [0, 0.05) is 26.7 Å². The first-order chi connectivity index (χ1) is 7.89. The number of hydrogen-bond acceptors (Lipinski definition) is 3. The average molecular weight is 248 g/mol. The zero-order valence-corrected chi connectivity index (χ0v) is 9.75. The zero-order valence-electron chi connectivity index (χ0n) is 9.75. The number of piperazine rings is 1. The summed E-state index contributed by atoms with van der Waals surface area (Å²) in [6.07, 6.45) is -4.38. The van der Waals surface area contributed by atoms with Crippen LogP contribution in [0.25, 0.3) is 0 Å². The molecular formula is C10H15F3N4. The van der Waals surface area contributed by atoms with Gasteiger partial charge < -0.3 is 5.32 Å². The van der Waals surface area contributed by atoms with E-state index in [4.69, 9.17) is 0 Å². The minimum absolute atomic E-state index is 0.0580. The van der Waals surface area contributed by atoms with Crippen molar-refractivity contribution in [1.29, 1.82) is 0 Å². The molecule has 1 aliphatic rings. The number of hydrogen-bond donors (Lipinski definition) is 1. The molecule has 1 saturated heterocycles. The van der Waals surface area contributed by atoms with Crippen molar-refractivity contribution in [3.63, 3.8) is 0 Å². The van der Waals surface area contributed by atoms with E-state index in [0.29, 0.717) is 12.2 Å². The third-order valence-corrected chi connectivity index (χ3v) is 3.06. The summed E-state index contributed by atoms with van der Waals surface area (Å²) in [7, 11) is 3.46. The number of alkyl halides is 3. The Bertz CT molecular complexity index is 399. The van der Waals surface area contributed by atoms with Gasteiger partial charge in [0.25, 0.3) is 0 Å². The Morgan fingerprint density at radius 3 is 2.65 bits per heavy atom. The van der Waals surface area contributed by atoms with E-state index in [1.807, 2.05) is 11.9 Å². The second-order valence-electron chi connectivity index (χ2n) is 4.28. The van der Waals surface area contributed by atoms with Crippen molar-refractivity contribution in [2.24, 2.45) is 7.05 Å². The highest BCUT2D eigenvalue weighted by Crippen LogP contribution is 2.31. The third kappa shape index (κ3) is 2.44. The highest BCUT2D eigenvalue weighted by Gasteiger charge is 2.36. The first-order valence-electron chi connectivity index (χ1n) is 5.41. The van der Waals surface area contributed by atoms with Gasteiger partial charge >= 0.3 is 6.18 Å². The van der Waals surface area contributed by atoms with Crippen LogP contribution in [0, 0.1) is 0 Å². The standard InChI is InChI=1S/C10H15F3N4/c1-16-4-3-14-6-8(16)7-5-9(10(11,12)13)15-17(7)2/h5,8,14H,3-4,6H2,1-2H3. The Balaban J connectivity index is 2.29. The summed E-state index contributed by atoms with van der Waals surface area (Å²) < 4.78 is 38.9. The molecule has 2 heterocycles. The van der Waals surface area contributed by atoms with Crippen molar-refractivity contribution >= 4 is 0 Å². The number of aromatic nitrogens is 2. The van der Waals surface area contributed by atoms with Gasteiger partial charge in [0.15, 0.2) is 5.69 Å². The molecule has 1 unspecified atom stereocenters. The Morgan fingerprint density at radius 2 is 2.12 bits per heavy atom. The molecule has 1 aromatic heterocycles. The summed E-state index contributed by atoms with van der Waals surface area (Å²) in [5.41, 5.74) is -0.235. The molecule has 4 nitrogen and oxygen atoms in total. The van der Waals surface area contributed by atoms with Gasteiger partial charge in [-0.1, -0.05) is 0 Å². The average Bonchev–Trinajstić information content (AvgIpc) is 2.61. The Kier molecular flexibility index (Phi) is 3.13. The van der Waals surface area contributed by atoms with Gasteiger partial charge in [-0.25, -0.2) is 0 Å². The summed E-state index contributed by atoms with van der Waals surface area (Å²) in [5, 5.41) is 6.70. The fourth-order valence-corrected chi connectivity index (χ4v) is 2.07. The van der Waals surface area contributed by atoms with Gasteiger partial charge in [-0.2, -0.15) is 18.3 Å². The van der Waals surface area contributed by atoms with Crippen molar-refractivity contribution in [2.75, 3.05) is 26.7 Å². The van der Waals surface area contributed by atoms with Crippen LogP contribution in [-0.4, -0.2) is 41.4 Å². The molecule has 0 bridgehead atoms. The molecule has 7 heteroatoms. The van der Waals surface area contributed by atoms with Gasteiger partial charge in [-0.3, -0.25) is 9.58 Å². The van der Waals surface area contributed by atoms with Crippen LogP contribution < -0.4 is 5.32 Å². The Hall–Kier alpha value is -1.08. The molecular weight excluding hydrogens is 233 g/mol. The lowest BCUT2D eigenvalue weighted by Gasteiger charge is -2.32. The van der Waals surface area contributed by atoms with Crippen molar-refractivity contribution in [1.82, 2.24) is 20.0 Å². The molecule has 0 aromatic carbocycles. The summed E-state index contributed by atoms with van der Waals surface area (Å²) >= 11 is 0. The molecule has 0 radical (unpaired) electrons. The lowest BCUT2D eigenvalue weighted by Crippen LogP contribution is -2.44. The Labute approximate surface area is 97.4 Å². The van der Waals surface area contributed by atoms with E-state index in [1.165, 1.54) is 4.68 Å². The molecule has 0 aliphatic carbocycles. The number of likely N-dealkylation sites (N-methyl/N-ethyl adjacent to an activating group) is 1. The third-order valence-electron chi connectivity index (χ3n) is 3.06. The molecule has 0 amide bonds. The minimum Gasteiger partial charge on any atom is -0.313 e. The summed E-state index contributed by atoms with van der Waals surface area (Å²) in [5.74, 6) is 0. The van der Waals surface area contributed by atoms with Crippen LogP contribution in [0.1, 0.15) is 17.4 Å². The number of rotatable bonds is 1. The van der Waals surface area contributed by atoms with Crippen LogP contribution in [0.15, 0.2) is 6.07 Å². The maximum Gasteiger partial charge on any atom is 0.435 e. The molecule has 1 N–H and O–H groups in total. The minimum atomic E-state index is -4.38. The van der Waals surface area contributed by atoms with E-state index in [9.17, 15) is 13.2 Å². The van der Waals surface area contributed by atoms with E-state index < -0.39 is 11.9 Å². The maximum absolute atomic E-state index is 12.5. The van der Waals surface area contributed by atoms with E-state index in [1.54, 1.807) is 7.05 Å². The molecule has 1 fully saturated rings. The van der Waals surface area contributed by atoms with Crippen molar-refractivity contribution in [3.8, 4) is 0 Å². The van der Waals surface area contributed by atoms with Gasteiger partial charge in [-0.05, 0) is 13.1 Å². The number of nitrogens with one attached hydrogen (secondary N) is 1. The van der Waals surface area contributed by atoms with Crippen molar-refractivity contribution in [2.45, 2.75) is 12.2 Å². The fourth-order valence-electron chi connectivity index (χ4n) is 2.07. The SMILES string of the molecule is CN1CCNCC1c1cc(C(F)(F)F)nn1C. The normalized spacial score (nSPS) is 23.0. The molecule has 2 rings (SSSR count). The quantitative estimate of drug-likeness (QED) is 0.805. The van der Waals surface area contributed by atoms with E-state index in [0.717, 1.165) is 19.2 Å². The van der Waals surface area contributed by atoms with Crippen LogP contribution in [0.4, 0.5) is 13.2 Å². The molecule has 96 valence electrons. The predicted octanol–water partition coefficient (Wildman–Crippen LogP) is 1.01. The van der Waals surface area contributed by atoms with Gasteiger partial charge in [-0.15, -0.1) is 0 Å². The predicted molar refractivity (Wildman–Crippen MR) is 56.5 cm³/mol. The molecule has 0 spiro atoms. The zero-order chi connectivity index (χ0) is 12.6. The first kappa shape index (κ1) is 12.4. The summed E-state index contributed by atoms with van der Waals surface area (Å²) in [4.78, 5) is 2.04. The lowest BCUT2D eigenvalue weighted by molar-refractivity contribution is -0.141. The molecule has 1 atom stereocenters. The number of nitrogens with zero attached hydrogens (tertiary/aromatic N) is 3. The molecule has 0 saturated carbocycles. The molecule has 17 heavy (non-hydrogen) atoms. The largest absolute Gasteiger partial charge is 0.435 e. The maximum atomic E-state index is 12.5. The number of aryl methyl sites for hydroxylation is 1. The van der Waals surface area contributed by atoms with Gasteiger partial charge in [0.2, 0.25) is 0 Å². The van der Waals surface area contributed by atoms with Crippen LogP contribution in [0.3, 0.4) is 0 Å². The topological polar surface area (TPSA) is 33.1 Å². The summed E-state index contributed by atoms with van der Waals surface area (Å²) in [6.45, 7) is 2.32. The van der Waals surface area contributed by atoms with Gasteiger partial charge in [0.1, 0.15) is 0 Å². The van der Waals surface area contributed by atoms with Gasteiger partial charge in [0.05, 0.1) is 11.7 Å². The molecule has 1 aromatic rings. The van der Waals surface area contributed by atoms with E-state index in [-0.39, 0.29) is 6.04 Å². The fraction of sp³-hybridized carbons (Fsp3) is 0.700. The van der Waals surface area contributed by atoms with E-state index in [2.05, 4.69) is 10.4 Å². The summed E-state index contributed by atoms with van der Waals surface area (Å²) in [6, 6.07) is 1.08. The van der Waals surface area contributed by atoms with Crippen molar-refractivity contribution < 1.29 is 13.2 Å². The monoisotopic (exact) mass is 248 g/mol. The molecule has 1 aliphatic heterocycles. The van der Waals surface area contributed by atoms with Crippen LogP contribution >= 0.6 is 0 Å². The Morgan fingerprint density at radius 1 is 1.41 bits per heavy atom. The smallest absolute Gasteiger partial charge is 0.313 e.